The van der Waals surface area contributed by atoms with Gasteiger partial charge in [0.15, 0.2) is 4.67 Å². The van der Waals surface area contributed by atoms with Crippen LogP contribution < -0.4 is 5.32 Å². The minimum absolute atomic E-state index is 0.0474. The van der Waals surface area contributed by atoms with Gasteiger partial charge in [-0.3, -0.25) is 0 Å². The van der Waals surface area contributed by atoms with E-state index >= 15 is 0 Å². The Morgan fingerprint density at radius 3 is 2.68 bits per heavy atom. The molecule has 1 aliphatic heterocycles. The van der Waals surface area contributed by atoms with Crippen molar-refractivity contribution in [2.24, 2.45) is 5.92 Å². The van der Waals surface area contributed by atoms with Gasteiger partial charge in [-0.05, 0) is 71.5 Å². The summed E-state index contributed by atoms with van der Waals surface area (Å²) < 4.78 is 13.3. The lowest BCUT2D eigenvalue weighted by Crippen LogP contribution is -2.41. The highest BCUT2D eigenvalue weighted by molar-refractivity contribution is 9.13. The maximum atomic E-state index is 5.93. The number of hydrogen-bond acceptors (Lipinski definition) is 3. The van der Waals surface area contributed by atoms with Crippen molar-refractivity contribution in [2.45, 2.75) is 45.3 Å². The first-order chi connectivity index (χ1) is 8.87. The molecule has 19 heavy (non-hydrogen) atoms. The van der Waals surface area contributed by atoms with Crippen LogP contribution in [0.3, 0.4) is 0 Å². The highest BCUT2D eigenvalue weighted by Gasteiger charge is 2.31. The summed E-state index contributed by atoms with van der Waals surface area (Å²) in [5, 5.41) is 3.57. The summed E-state index contributed by atoms with van der Waals surface area (Å²) in [5.74, 6) is 1.36. The molecule has 1 N–H and O–H groups in total. The van der Waals surface area contributed by atoms with Crippen molar-refractivity contribution in [1.29, 1.82) is 0 Å². The Kier molecular flexibility index (Phi) is 5.15. The van der Waals surface area contributed by atoms with E-state index in [0.29, 0.717) is 5.92 Å². The molecule has 0 radical (unpaired) electrons. The molecule has 1 aromatic heterocycles. The van der Waals surface area contributed by atoms with Gasteiger partial charge < -0.3 is 14.5 Å². The quantitative estimate of drug-likeness (QED) is 0.809. The molecule has 1 fully saturated rings. The Bertz CT molecular complexity index is 406. The van der Waals surface area contributed by atoms with Crippen molar-refractivity contribution in [1.82, 2.24) is 5.32 Å². The van der Waals surface area contributed by atoms with E-state index in [-0.39, 0.29) is 11.6 Å². The van der Waals surface area contributed by atoms with Gasteiger partial charge in [0, 0.05) is 24.6 Å². The molecule has 1 aliphatic rings. The minimum atomic E-state index is 0.0474. The Morgan fingerprint density at radius 1 is 1.37 bits per heavy atom. The number of halogens is 2. The van der Waals surface area contributed by atoms with E-state index in [2.05, 4.69) is 57.9 Å². The van der Waals surface area contributed by atoms with E-state index in [9.17, 15) is 0 Å². The van der Waals surface area contributed by atoms with Gasteiger partial charge in [-0.15, -0.1) is 0 Å². The number of nitrogens with one attached hydrogen (secondary N) is 1. The summed E-state index contributed by atoms with van der Waals surface area (Å²) in [7, 11) is 0. The van der Waals surface area contributed by atoms with Gasteiger partial charge in [-0.1, -0.05) is 0 Å². The van der Waals surface area contributed by atoms with Crippen molar-refractivity contribution < 1.29 is 9.15 Å². The zero-order chi connectivity index (χ0) is 14.0. The highest BCUT2D eigenvalue weighted by Crippen LogP contribution is 2.38. The summed E-state index contributed by atoms with van der Waals surface area (Å²) in [6.45, 7) is 8.32. The Balaban J connectivity index is 2.07. The van der Waals surface area contributed by atoms with Crippen molar-refractivity contribution in [2.75, 3.05) is 13.2 Å². The van der Waals surface area contributed by atoms with Gasteiger partial charge in [0.2, 0.25) is 0 Å². The minimum Gasteiger partial charge on any atom is -0.450 e. The van der Waals surface area contributed by atoms with Gasteiger partial charge in [0.25, 0.3) is 0 Å². The van der Waals surface area contributed by atoms with Crippen molar-refractivity contribution in [3.63, 3.8) is 0 Å². The maximum Gasteiger partial charge on any atom is 0.183 e. The highest BCUT2D eigenvalue weighted by atomic mass is 79.9. The number of ether oxygens (including phenoxy) is 1. The molecule has 3 nitrogen and oxygen atoms in total. The van der Waals surface area contributed by atoms with Gasteiger partial charge >= 0.3 is 0 Å². The fraction of sp³-hybridized carbons (Fsp3) is 0.714. The summed E-state index contributed by atoms with van der Waals surface area (Å²) in [5.41, 5.74) is 0.131. The first-order valence-corrected chi connectivity index (χ1v) is 8.27. The first kappa shape index (κ1) is 15.5. The van der Waals surface area contributed by atoms with Gasteiger partial charge in [-0.25, -0.2) is 0 Å². The van der Waals surface area contributed by atoms with Gasteiger partial charge in [-0.2, -0.15) is 0 Å². The molecule has 2 rings (SSSR count). The maximum absolute atomic E-state index is 5.93. The molecule has 0 amide bonds. The fourth-order valence-electron chi connectivity index (χ4n) is 2.31. The lowest BCUT2D eigenvalue weighted by molar-refractivity contribution is -0.0413. The summed E-state index contributed by atoms with van der Waals surface area (Å²) >= 11 is 6.85. The van der Waals surface area contributed by atoms with Crippen LogP contribution >= 0.6 is 31.9 Å². The van der Waals surface area contributed by atoms with Crippen LogP contribution in [0.25, 0.3) is 0 Å². The molecule has 0 aliphatic carbocycles. The monoisotopic (exact) mass is 393 g/mol. The van der Waals surface area contributed by atoms with Gasteiger partial charge in [0.05, 0.1) is 4.47 Å². The van der Waals surface area contributed by atoms with Crippen LogP contribution in [0.5, 0.6) is 0 Å². The second-order valence-corrected chi connectivity index (χ2v) is 7.67. The number of rotatable bonds is 3. The second-order valence-electron chi connectivity index (χ2n) is 6.10. The van der Waals surface area contributed by atoms with E-state index in [4.69, 9.17) is 9.15 Å². The van der Waals surface area contributed by atoms with Crippen LogP contribution in [0.1, 0.15) is 45.5 Å². The van der Waals surface area contributed by atoms with Crippen molar-refractivity contribution in [3.05, 3.63) is 21.0 Å². The second kappa shape index (κ2) is 6.29. The molecule has 0 spiro atoms. The Morgan fingerprint density at radius 2 is 2.11 bits per heavy atom. The predicted octanol–water partition coefficient (Wildman–Crippen LogP) is 4.66. The van der Waals surface area contributed by atoms with Crippen LogP contribution in [-0.2, 0) is 4.74 Å². The smallest absolute Gasteiger partial charge is 0.183 e. The van der Waals surface area contributed by atoms with Crippen LogP contribution in [0.2, 0.25) is 0 Å². The summed E-state index contributed by atoms with van der Waals surface area (Å²) in [6, 6.07) is 2.00. The zero-order valence-corrected chi connectivity index (χ0v) is 14.8. The molecule has 1 saturated heterocycles. The molecular formula is C14H21Br2NO2. The molecule has 0 aromatic carbocycles. The third-order valence-electron chi connectivity index (χ3n) is 3.28. The molecule has 108 valence electrons. The standard InChI is InChI=1S/C14H21Br2NO2/c1-14(2,3)17-8-9-5-4-6-18-12(9)11-7-10(15)13(16)19-11/h7,9,12,17H,4-6,8H2,1-3H3. The van der Waals surface area contributed by atoms with Crippen LogP contribution in [0.15, 0.2) is 19.6 Å². The Labute approximate surface area is 131 Å². The molecule has 0 bridgehead atoms. The first-order valence-electron chi connectivity index (χ1n) is 6.68. The van der Waals surface area contributed by atoms with E-state index < -0.39 is 0 Å². The molecular weight excluding hydrogens is 374 g/mol. The summed E-state index contributed by atoms with van der Waals surface area (Å²) in [6.07, 6.45) is 2.34. The van der Waals surface area contributed by atoms with Crippen molar-refractivity contribution in [3.8, 4) is 0 Å². The van der Waals surface area contributed by atoms with Crippen LogP contribution in [0, 0.1) is 5.92 Å². The predicted molar refractivity (Wildman–Crippen MR) is 83.3 cm³/mol. The van der Waals surface area contributed by atoms with E-state index in [1.165, 1.54) is 6.42 Å². The zero-order valence-electron chi connectivity index (χ0n) is 11.6. The molecule has 2 unspecified atom stereocenters. The fourth-order valence-corrected chi connectivity index (χ4v) is 2.92. The molecule has 2 heterocycles. The molecule has 5 heteroatoms. The van der Waals surface area contributed by atoms with E-state index in [1.807, 2.05) is 6.07 Å². The number of hydrogen-bond donors (Lipinski definition) is 1. The third kappa shape index (κ3) is 4.31. The average Bonchev–Trinajstić information content (AvgIpc) is 2.66. The topological polar surface area (TPSA) is 34.4 Å². The lowest BCUT2D eigenvalue weighted by Gasteiger charge is -2.33. The normalized spacial score (nSPS) is 24.7. The third-order valence-corrected chi connectivity index (χ3v) is 4.99. The largest absolute Gasteiger partial charge is 0.450 e. The van der Waals surface area contributed by atoms with Gasteiger partial charge in [0.1, 0.15) is 11.9 Å². The van der Waals surface area contributed by atoms with Crippen molar-refractivity contribution >= 4 is 31.9 Å². The summed E-state index contributed by atoms with van der Waals surface area (Å²) in [4.78, 5) is 0. The molecule has 2 atom stereocenters. The SMILES string of the molecule is CC(C)(C)NCC1CCCOC1c1cc(Br)c(Br)o1. The van der Waals surface area contributed by atoms with Crippen LogP contribution in [-0.4, -0.2) is 18.7 Å². The average molecular weight is 395 g/mol. The lowest BCUT2D eigenvalue weighted by atomic mass is 9.91. The number of furan rings is 1. The Hall–Kier alpha value is 0.160. The van der Waals surface area contributed by atoms with E-state index in [1.54, 1.807) is 0 Å². The molecule has 1 aromatic rings. The van der Waals surface area contributed by atoms with Crippen LogP contribution in [0.4, 0.5) is 0 Å². The molecule has 0 saturated carbocycles. The van der Waals surface area contributed by atoms with E-state index in [0.717, 1.165) is 34.5 Å².